The Bertz CT molecular complexity index is 749. The number of hydrogen-bond acceptors (Lipinski definition) is 3. The van der Waals surface area contributed by atoms with E-state index in [9.17, 15) is 18.0 Å². The first-order chi connectivity index (χ1) is 11.4. The molecule has 1 fully saturated rings. The van der Waals surface area contributed by atoms with Crippen LogP contribution < -0.4 is 5.73 Å². The second-order valence-corrected chi connectivity index (χ2v) is 6.98. The predicted octanol–water partition coefficient (Wildman–Crippen LogP) is 4.98. The van der Waals surface area contributed by atoms with Crippen molar-refractivity contribution >= 4 is 17.2 Å². The molecule has 1 aliphatic rings. The van der Waals surface area contributed by atoms with Crippen LogP contribution in [-0.4, -0.2) is 10.9 Å². The lowest BCUT2D eigenvalue weighted by Gasteiger charge is -2.23. The Hall–Kier alpha value is -1.89. The molecule has 1 aromatic heterocycles. The molecule has 2 aromatic rings. The Morgan fingerprint density at radius 2 is 1.83 bits per heavy atom. The van der Waals surface area contributed by atoms with Gasteiger partial charge in [0.1, 0.15) is 9.88 Å². The molecule has 0 saturated heterocycles. The Kier molecular flexibility index (Phi) is 4.62. The number of nitrogens with zero attached hydrogens (tertiary/aromatic N) is 1. The van der Waals surface area contributed by atoms with Crippen LogP contribution in [0.5, 0.6) is 0 Å². The summed E-state index contributed by atoms with van der Waals surface area (Å²) in [5.41, 5.74) is 5.61. The number of alkyl halides is 3. The van der Waals surface area contributed by atoms with Gasteiger partial charge in [0.15, 0.2) is 5.69 Å². The lowest BCUT2D eigenvalue weighted by molar-refractivity contribution is -0.141. The highest BCUT2D eigenvalue weighted by molar-refractivity contribution is 7.17. The van der Waals surface area contributed by atoms with Crippen LogP contribution in [0.15, 0.2) is 24.3 Å². The molecule has 3 nitrogen and oxygen atoms in total. The van der Waals surface area contributed by atoms with Gasteiger partial charge in [-0.1, -0.05) is 43.5 Å². The number of primary amides is 1. The van der Waals surface area contributed by atoms with Crippen LogP contribution in [0.2, 0.25) is 0 Å². The maximum absolute atomic E-state index is 13.1. The van der Waals surface area contributed by atoms with Crippen molar-refractivity contribution in [2.24, 2.45) is 5.73 Å². The second kappa shape index (κ2) is 6.55. The van der Waals surface area contributed by atoms with Crippen LogP contribution in [0, 0.1) is 0 Å². The van der Waals surface area contributed by atoms with E-state index >= 15 is 0 Å². The number of halogens is 3. The third-order valence-electron chi connectivity index (χ3n) is 4.36. The molecule has 0 atom stereocenters. The van der Waals surface area contributed by atoms with E-state index < -0.39 is 22.7 Å². The van der Waals surface area contributed by atoms with Crippen molar-refractivity contribution in [3.05, 3.63) is 40.4 Å². The molecular weight excluding hydrogens is 337 g/mol. The van der Waals surface area contributed by atoms with E-state index in [0.29, 0.717) is 11.5 Å². The third kappa shape index (κ3) is 3.31. The van der Waals surface area contributed by atoms with Crippen molar-refractivity contribution in [2.45, 2.75) is 44.2 Å². The predicted molar refractivity (Wildman–Crippen MR) is 86.9 cm³/mol. The van der Waals surface area contributed by atoms with Crippen LogP contribution in [0.1, 0.15) is 59.0 Å². The van der Waals surface area contributed by atoms with Crippen LogP contribution >= 0.6 is 11.3 Å². The number of carbonyl (C=O) groups excluding carboxylic acids is 1. The topological polar surface area (TPSA) is 56.0 Å². The summed E-state index contributed by atoms with van der Waals surface area (Å²) in [7, 11) is 0. The normalized spacial score (nSPS) is 16.3. The summed E-state index contributed by atoms with van der Waals surface area (Å²) in [6, 6.07) is 7.39. The van der Waals surface area contributed by atoms with E-state index in [2.05, 4.69) is 4.98 Å². The molecular formula is C17H17F3N2OS. The summed E-state index contributed by atoms with van der Waals surface area (Å²) in [4.78, 5) is 14.6. The van der Waals surface area contributed by atoms with E-state index in [4.69, 9.17) is 5.73 Å². The van der Waals surface area contributed by atoms with E-state index in [1.807, 2.05) is 12.1 Å². The van der Waals surface area contributed by atoms with Crippen molar-refractivity contribution in [1.29, 1.82) is 0 Å². The molecule has 1 aliphatic carbocycles. The maximum atomic E-state index is 13.1. The first-order valence-corrected chi connectivity index (χ1v) is 8.66. The largest absolute Gasteiger partial charge is 0.435 e. The van der Waals surface area contributed by atoms with Gasteiger partial charge in [-0.25, -0.2) is 4.98 Å². The Labute approximate surface area is 141 Å². The number of aromatic nitrogens is 1. The monoisotopic (exact) mass is 354 g/mol. The van der Waals surface area contributed by atoms with Crippen molar-refractivity contribution in [3.63, 3.8) is 0 Å². The van der Waals surface area contributed by atoms with Gasteiger partial charge in [0, 0.05) is 5.56 Å². The molecule has 128 valence electrons. The fraction of sp³-hybridized carbons (Fsp3) is 0.412. The average molecular weight is 354 g/mol. The van der Waals surface area contributed by atoms with E-state index in [0.717, 1.165) is 42.6 Å². The van der Waals surface area contributed by atoms with Crippen LogP contribution in [0.3, 0.4) is 0 Å². The van der Waals surface area contributed by atoms with Gasteiger partial charge < -0.3 is 5.73 Å². The van der Waals surface area contributed by atoms with Gasteiger partial charge in [-0.05, 0) is 24.3 Å². The molecule has 3 rings (SSSR count). The highest BCUT2D eigenvalue weighted by Gasteiger charge is 2.39. The molecule has 1 heterocycles. The lowest BCUT2D eigenvalue weighted by Crippen LogP contribution is -2.16. The fourth-order valence-electron chi connectivity index (χ4n) is 3.26. The molecule has 7 heteroatoms. The Balaban J connectivity index is 2.08. The summed E-state index contributed by atoms with van der Waals surface area (Å²) >= 11 is 0.720. The first kappa shape index (κ1) is 17.0. The van der Waals surface area contributed by atoms with Gasteiger partial charge in [-0.2, -0.15) is 13.2 Å². The third-order valence-corrected chi connectivity index (χ3v) is 5.46. The van der Waals surface area contributed by atoms with Crippen LogP contribution in [-0.2, 0) is 6.18 Å². The summed E-state index contributed by atoms with van der Waals surface area (Å²) in [6.07, 6.45) is 0.793. The molecule has 1 amide bonds. The average Bonchev–Trinajstić information content (AvgIpc) is 3.01. The van der Waals surface area contributed by atoms with Gasteiger partial charge in [0.2, 0.25) is 0 Å². The van der Waals surface area contributed by atoms with E-state index in [-0.39, 0.29) is 5.01 Å². The standard InChI is InChI=1S/C17H17F3N2OS/c18-17(19,20)14-13(15(21)23)24-16(22-14)12-9-5-4-8-11(12)10-6-2-1-3-7-10/h4-5,8-10H,1-3,6-7H2,(H2,21,23). The van der Waals surface area contributed by atoms with Crippen molar-refractivity contribution in [3.8, 4) is 10.6 Å². The zero-order valence-electron chi connectivity index (χ0n) is 12.9. The molecule has 1 aromatic carbocycles. The molecule has 0 unspecified atom stereocenters. The van der Waals surface area contributed by atoms with Gasteiger partial charge in [0.05, 0.1) is 0 Å². The summed E-state index contributed by atoms with van der Waals surface area (Å²) in [5.74, 6) is -0.772. The number of thiazole rings is 1. The van der Waals surface area contributed by atoms with Crippen molar-refractivity contribution < 1.29 is 18.0 Å². The van der Waals surface area contributed by atoms with Crippen LogP contribution in [0.4, 0.5) is 13.2 Å². The summed E-state index contributed by atoms with van der Waals surface area (Å²) < 4.78 is 39.4. The number of benzene rings is 1. The lowest BCUT2D eigenvalue weighted by atomic mass is 9.82. The molecule has 1 saturated carbocycles. The smallest absolute Gasteiger partial charge is 0.365 e. The number of nitrogens with two attached hydrogens (primary N) is 1. The quantitative estimate of drug-likeness (QED) is 0.845. The maximum Gasteiger partial charge on any atom is 0.435 e. The molecule has 0 bridgehead atoms. The SMILES string of the molecule is NC(=O)c1sc(-c2ccccc2C2CCCCC2)nc1C(F)(F)F. The molecule has 0 radical (unpaired) electrons. The fourth-order valence-corrected chi connectivity index (χ4v) is 4.24. The molecule has 24 heavy (non-hydrogen) atoms. The minimum absolute atomic E-state index is 0.206. The highest BCUT2D eigenvalue weighted by atomic mass is 32.1. The Morgan fingerprint density at radius 1 is 1.17 bits per heavy atom. The second-order valence-electron chi connectivity index (χ2n) is 5.98. The zero-order chi connectivity index (χ0) is 17.3. The number of rotatable bonds is 3. The van der Waals surface area contributed by atoms with E-state index in [1.165, 1.54) is 6.42 Å². The minimum Gasteiger partial charge on any atom is -0.365 e. The summed E-state index contributed by atoms with van der Waals surface area (Å²) in [5, 5.41) is 0.206. The minimum atomic E-state index is -4.70. The first-order valence-electron chi connectivity index (χ1n) is 7.85. The van der Waals surface area contributed by atoms with Gasteiger partial charge in [-0.15, -0.1) is 11.3 Å². The number of hydrogen-bond donors (Lipinski definition) is 1. The number of amides is 1. The molecule has 0 spiro atoms. The van der Waals surface area contributed by atoms with Crippen molar-refractivity contribution in [2.75, 3.05) is 0 Å². The van der Waals surface area contributed by atoms with Crippen molar-refractivity contribution in [1.82, 2.24) is 4.98 Å². The summed E-state index contributed by atoms with van der Waals surface area (Å²) in [6.45, 7) is 0. The number of carbonyl (C=O) groups is 1. The van der Waals surface area contributed by atoms with Gasteiger partial charge in [0.25, 0.3) is 5.91 Å². The molecule has 0 aliphatic heterocycles. The van der Waals surface area contributed by atoms with Gasteiger partial charge >= 0.3 is 6.18 Å². The highest BCUT2D eigenvalue weighted by Crippen LogP contribution is 2.42. The van der Waals surface area contributed by atoms with Crippen LogP contribution in [0.25, 0.3) is 10.6 Å². The Morgan fingerprint density at radius 3 is 2.42 bits per heavy atom. The van der Waals surface area contributed by atoms with Gasteiger partial charge in [-0.3, -0.25) is 4.79 Å². The zero-order valence-corrected chi connectivity index (χ0v) is 13.7. The molecule has 2 N–H and O–H groups in total. The van der Waals surface area contributed by atoms with E-state index in [1.54, 1.807) is 12.1 Å².